The maximum absolute atomic E-state index is 11.6. The second-order valence-corrected chi connectivity index (χ2v) is 6.71. The van der Waals surface area contributed by atoms with Gasteiger partial charge in [-0.1, -0.05) is 0 Å². The second-order valence-electron chi connectivity index (χ2n) is 4.77. The first-order valence-corrected chi connectivity index (χ1v) is 6.99. The maximum atomic E-state index is 11.6. The molecule has 0 saturated heterocycles. The predicted molar refractivity (Wildman–Crippen MR) is 77.2 cm³/mol. The van der Waals surface area contributed by atoms with Gasteiger partial charge in [0.15, 0.2) is 0 Å². The minimum absolute atomic E-state index is 0.446. The van der Waals surface area contributed by atoms with Gasteiger partial charge in [0.1, 0.15) is 5.60 Å². The Morgan fingerprint density at radius 3 is 2.78 bits per heavy atom. The van der Waals surface area contributed by atoms with Crippen molar-refractivity contribution in [2.75, 3.05) is 5.32 Å². The zero-order chi connectivity index (χ0) is 13.3. The van der Waals surface area contributed by atoms with E-state index >= 15 is 0 Å². The van der Waals surface area contributed by atoms with Crippen LogP contribution in [-0.4, -0.2) is 16.7 Å². The van der Waals surface area contributed by atoms with Crippen LogP contribution in [0.1, 0.15) is 20.8 Å². The van der Waals surface area contributed by atoms with Crippen molar-refractivity contribution in [3.63, 3.8) is 0 Å². The van der Waals surface area contributed by atoms with Crippen molar-refractivity contribution in [2.24, 2.45) is 0 Å². The van der Waals surface area contributed by atoms with Gasteiger partial charge in [0.2, 0.25) is 0 Å². The van der Waals surface area contributed by atoms with Gasteiger partial charge in [-0.25, -0.2) is 4.79 Å². The van der Waals surface area contributed by atoms with Crippen LogP contribution in [0.25, 0.3) is 10.1 Å². The quantitative estimate of drug-likeness (QED) is 0.843. The van der Waals surface area contributed by atoms with Crippen LogP contribution in [-0.2, 0) is 4.74 Å². The minimum atomic E-state index is -0.497. The highest BCUT2D eigenvalue weighted by Gasteiger charge is 2.17. The van der Waals surface area contributed by atoms with Crippen LogP contribution in [0.5, 0.6) is 0 Å². The average molecular weight is 329 g/mol. The molecule has 0 aliphatic carbocycles. The molecule has 2 aromatic heterocycles. The normalized spacial score (nSPS) is 11.6. The number of fused-ring (bicyclic) bond motifs is 1. The molecule has 0 aromatic carbocycles. The van der Waals surface area contributed by atoms with E-state index in [2.05, 4.69) is 26.2 Å². The molecule has 0 unspecified atom stereocenters. The van der Waals surface area contributed by atoms with Gasteiger partial charge >= 0.3 is 6.09 Å². The lowest BCUT2D eigenvalue weighted by molar-refractivity contribution is 0.0636. The van der Waals surface area contributed by atoms with Crippen LogP contribution >= 0.6 is 27.3 Å². The van der Waals surface area contributed by atoms with Crippen molar-refractivity contribution < 1.29 is 9.53 Å². The number of nitrogens with zero attached hydrogens (tertiary/aromatic N) is 1. The van der Waals surface area contributed by atoms with Gasteiger partial charge in [-0.15, -0.1) is 11.3 Å². The summed E-state index contributed by atoms with van der Waals surface area (Å²) in [7, 11) is 0. The molecule has 0 bridgehead atoms. The number of ether oxygens (including phenoxy) is 1. The highest BCUT2D eigenvalue weighted by Crippen LogP contribution is 2.33. The van der Waals surface area contributed by atoms with Crippen LogP contribution in [0.2, 0.25) is 0 Å². The van der Waals surface area contributed by atoms with Gasteiger partial charge < -0.3 is 4.74 Å². The molecule has 0 atom stereocenters. The van der Waals surface area contributed by atoms with Crippen molar-refractivity contribution in [1.29, 1.82) is 0 Å². The van der Waals surface area contributed by atoms with E-state index in [1.807, 2.05) is 26.8 Å². The predicted octanol–water partition coefficient (Wildman–Crippen LogP) is 4.41. The SMILES string of the molecule is CC(C)(C)OC(=O)Nc1cc2c(Br)cncc2s1. The molecule has 0 spiro atoms. The zero-order valence-corrected chi connectivity index (χ0v) is 12.7. The Morgan fingerprint density at radius 1 is 1.44 bits per heavy atom. The average Bonchev–Trinajstić information content (AvgIpc) is 2.58. The number of aromatic nitrogens is 1. The number of pyridine rings is 1. The Bertz CT molecular complexity index is 589. The fourth-order valence-electron chi connectivity index (χ4n) is 1.39. The third-order valence-electron chi connectivity index (χ3n) is 2.02. The van der Waals surface area contributed by atoms with Crippen molar-refractivity contribution in [1.82, 2.24) is 4.98 Å². The molecule has 0 aliphatic heterocycles. The number of carbonyl (C=O) groups excluding carboxylic acids is 1. The van der Waals surface area contributed by atoms with Gasteiger partial charge in [0.25, 0.3) is 0 Å². The molecule has 96 valence electrons. The topological polar surface area (TPSA) is 51.2 Å². The summed E-state index contributed by atoms with van der Waals surface area (Å²) in [6.45, 7) is 5.49. The van der Waals surface area contributed by atoms with Gasteiger partial charge in [0, 0.05) is 22.3 Å². The van der Waals surface area contributed by atoms with E-state index in [4.69, 9.17) is 4.74 Å². The number of rotatable bonds is 1. The number of hydrogen-bond donors (Lipinski definition) is 1. The molecule has 2 heterocycles. The molecular formula is C12H13BrN2O2S. The van der Waals surface area contributed by atoms with Crippen LogP contribution in [0.4, 0.5) is 9.80 Å². The summed E-state index contributed by atoms with van der Waals surface area (Å²) in [6.07, 6.45) is 3.05. The molecule has 1 amide bonds. The first kappa shape index (κ1) is 13.3. The highest BCUT2D eigenvalue weighted by molar-refractivity contribution is 9.10. The lowest BCUT2D eigenvalue weighted by Crippen LogP contribution is -2.26. The summed E-state index contributed by atoms with van der Waals surface area (Å²) in [6, 6.07) is 1.90. The van der Waals surface area contributed by atoms with Gasteiger partial charge in [-0.05, 0) is 42.8 Å². The van der Waals surface area contributed by atoms with E-state index in [0.29, 0.717) is 0 Å². The third kappa shape index (κ3) is 3.20. The van der Waals surface area contributed by atoms with Crippen LogP contribution in [0.15, 0.2) is 22.9 Å². The van der Waals surface area contributed by atoms with Crippen molar-refractivity contribution in [3.8, 4) is 0 Å². The standard InChI is InChI=1S/C12H13BrN2O2S/c1-12(2,3)17-11(16)15-10-4-7-8(13)5-14-6-9(7)18-10/h4-6H,1-3H3,(H,15,16). The van der Waals surface area contributed by atoms with Crippen molar-refractivity contribution in [2.45, 2.75) is 26.4 Å². The summed E-state index contributed by atoms with van der Waals surface area (Å²) >= 11 is 4.89. The number of hydrogen-bond acceptors (Lipinski definition) is 4. The smallest absolute Gasteiger partial charge is 0.412 e. The van der Waals surface area contributed by atoms with Gasteiger partial charge in [0.05, 0.1) is 9.70 Å². The number of carbonyl (C=O) groups is 1. The highest BCUT2D eigenvalue weighted by atomic mass is 79.9. The number of amides is 1. The van der Waals surface area contributed by atoms with E-state index < -0.39 is 11.7 Å². The number of anilines is 1. The van der Waals surface area contributed by atoms with E-state index in [9.17, 15) is 4.79 Å². The summed E-state index contributed by atoms with van der Waals surface area (Å²) in [5, 5.41) is 4.50. The van der Waals surface area contributed by atoms with Crippen molar-refractivity contribution in [3.05, 3.63) is 22.9 Å². The molecule has 2 rings (SSSR count). The Balaban J connectivity index is 2.18. The van der Waals surface area contributed by atoms with E-state index in [1.54, 1.807) is 12.4 Å². The Hall–Kier alpha value is -1.14. The van der Waals surface area contributed by atoms with Crippen LogP contribution < -0.4 is 5.32 Å². The summed E-state index contributed by atoms with van der Waals surface area (Å²) in [5.41, 5.74) is -0.497. The van der Waals surface area contributed by atoms with E-state index in [-0.39, 0.29) is 0 Å². The molecule has 18 heavy (non-hydrogen) atoms. The fourth-order valence-corrected chi connectivity index (χ4v) is 2.91. The molecule has 2 aromatic rings. The number of nitrogens with one attached hydrogen (secondary N) is 1. The summed E-state index contributed by atoms with van der Waals surface area (Å²) < 4.78 is 7.12. The number of thiophene rings is 1. The van der Waals surface area contributed by atoms with Gasteiger partial charge in [-0.3, -0.25) is 10.3 Å². The molecule has 6 heteroatoms. The molecule has 0 aliphatic rings. The molecule has 1 N–H and O–H groups in total. The lowest BCUT2D eigenvalue weighted by atomic mass is 10.2. The molecule has 0 fully saturated rings. The van der Waals surface area contributed by atoms with E-state index in [0.717, 1.165) is 19.6 Å². The Kier molecular flexibility index (Phi) is 3.59. The summed E-state index contributed by atoms with van der Waals surface area (Å²) in [4.78, 5) is 15.7. The molecule has 0 saturated carbocycles. The van der Waals surface area contributed by atoms with Crippen LogP contribution in [0, 0.1) is 0 Å². The zero-order valence-electron chi connectivity index (χ0n) is 10.3. The van der Waals surface area contributed by atoms with Gasteiger partial charge in [-0.2, -0.15) is 0 Å². The second kappa shape index (κ2) is 4.85. The third-order valence-corrected chi connectivity index (χ3v) is 3.64. The lowest BCUT2D eigenvalue weighted by Gasteiger charge is -2.19. The summed E-state index contributed by atoms with van der Waals surface area (Å²) in [5.74, 6) is 0. The fraction of sp³-hybridized carbons (Fsp3) is 0.333. The van der Waals surface area contributed by atoms with Crippen molar-refractivity contribution >= 4 is 48.4 Å². The first-order chi connectivity index (χ1) is 8.35. The van der Waals surface area contributed by atoms with Crippen LogP contribution in [0.3, 0.4) is 0 Å². The Morgan fingerprint density at radius 2 is 2.17 bits per heavy atom. The molecule has 4 nitrogen and oxygen atoms in total. The number of halogens is 1. The first-order valence-electron chi connectivity index (χ1n) is 5.38. The Labute approximate surface area is 117 Å². The monoisotopic (exact) mass is 328 g/mol. The molecular weight excluding hydrogens is 316 g/mol. The minimum Gasteiger partial charge on any atom is -0.444 e. The maximum Gasteiger partial charge on any atom is 0.412 e. The largest absolute Gasteiger partial charge is 0.444 e. The molecule has 0 radical (unpaired) electrons. The van der Waals surface area contributed by atoms with E-state index in [1.165, 1.54) is 11.3 Å².